The number of hydrogen-bond donors (Lipinski definition) is 1. The van der Waals surface area contributed by atoms with Crippen LogP contribution in [-0.4, -0.2) is 7.05 Å². The molecule has 2 aromatic carbocycles. The van der Waals surface area contributed by atoms with Gasteiger partial charge >= 0.3 is 0 Å². The van der Waals surface area contributed by atoms with Gasteiger partial charge in [-0.15, -0.1) is 0 Å². The van der Waals surface area contributed by atoms with Crippen molar-refractivity contribution in [1.29, 1.82) is 0 Å². The molecule has 0 spiro atoms. The van der Waals surface area contributed by atoms with Gasteiger partial charge in [-0.25, -0.2) is 4.39 Å². The molecule has 0 aliphatic rings. The second-order valence-corrected chi connectivity index (χ2v) is 5.14. The molecule has 0 fully saturated rings. The SMILES string of the molecule is CNC(c1ccccc1F)c1c(Cl)cccc1Br. The van der Waals surface area contributed by atoms with E-state index in [1.54, 1.807) is 25.2 Å². The van der Waals surface area contributed by atoms with Crippen molar-refractivity contribution in [1.82, 2.24) is 5.32 Å². The quantitative estimate of drug-likeness (QED) is 0.871. The lowest BCUT2D eigenvalue weighted by Gasteiger charge is -2.20. The van der Waals surface area contributed by atoms with Gasteiger partial charge in [0, 0.05) is 20.6 Å². The molecule has 1 unspecified atom stereocenters. The van der Waals surface area contributed by atoms with Crippen LogP contribution in [0.3, 0.4) is 0 Å². The molecule has 2 aromatic rings. The zero-order chi connectivity index (χ0) is 13.1. The molecule has 94 valence electrons. The highest BCUT2D eigenvalue weighted by atomic mass is 79.9. The third kappa shape index (κ3) is 2.58. The summed E-state index contributed by atoms with van der Waals surface area (Å²) in [5.74, 6) is -0.247. The van der Waals surface area contributed by atoms with E-state index < -0.39 is 0 Å². The predicted octanol–water partition coefficient (Wildman–Crippen LogP) is 4.55. The van der Waals surface area contributed by atoms with Crippen molar-refractivity contribution in [3.05, 3.63) is 68.9 Å². The van der Waals surface area contributed by atoms with Crippen LogP contribution in [0.15, 0.2) is 46.9 Å². The Kier molecular flexibility index (Phi) is 4.38. The van der Waals surface area contributed by atoms with Crippen LogP contribution in [0.1, 0.15) is 17.2 Å². The summed E-state index contributed by atoms with van der Waals surface area (Å²) >= 11 is 9.68. The van der Waals surface area contributed by atoms with Crippen molar-refractivity contribution in [3.63, 3.8) is 0 Å². The fourth-order valence-corrected chi connectivity index (χ4v) is 2.94. The Balaban J connectivity index is 2.56. The predicted molar refractivity (Wildman–Crippen MR) is 76.5 cm³/mol. The maximum atomic E-state index is 13.9. The maximum absolute atomic E-state index is 13.9. The van der Waals surface area contributed by atoms with Gasteiger partial charge in [-0.3, -0.25) is 0 Å². The van der Waals surface area contributed by atoms with E-state index in [9.17, 15) is 4.39 Å². The summed E-state index contributed by atoms with van der Waals surface area (Å²) in [5, 5.41) is 3.71. The van der Waals surface area contributed by atoms with Crippen LogP contribution >= 0.6 is 27.5 Å². The largest absolute Gasteiger partial charge is 0.309 e. The van der Waals surface area contributed by atoms with Crippen LogP contribution in [0.2, 0.25) is 5.02 Å². The zero-order valence-corrected chi connectivity index (χ0v) is 12.1. The normalized spacial score (nSPS) is 12.4. The van der Waals surface area contributed by atoms with Crippen molar-refractivity contribution in [2.75, 3.05) is 7.05 Å². The minimum Gasteiger partial charge on any atom is -0.309 e. The van der Waals surface area contributed by atoms with Crippen LogP contribution in [0.5, 0.6) is 0 Å². The smallest absolute Gasteiger partial charge is 0.128 e. The number of benzene rings is 2. The molecular weight excluding hydrogens is 317 g/mol. The Bertz CT molecular complexity index is 539. The number of nitrogens with one attached hydrogen (secondary N) is 1. The zero-order valence-electron chi connectivity index (χ0n) is 9.75. The molecule has 1 nitrogen and oxygen atoms in total. The van der Waals surface area contributed by atoms with Crippen molar-refractivity contribution >= 4 is 27.5 Å². The first-order valence-corrected chi connectivity index (χ1v) is 6.68. The van der Waals surface area contributed by atoms with Crippen LogP contribution < -0.4 is 5.32 Å². The molecule has 0 aromatic heterocycles. The van der Waals surface area contributed by atoms with Crippen LogP contribution in [0.25, 0.3) is 0 Å². The average Bonchev–Trinajstić information content (AvgIpc) is 2.35. The molecule has 0 saturated carbocycles. The molecule has 0 saturated heterocycles. The topological polar surface area (TPSA) is 12.0 Å². The van der Waals surface area contributed by atoms with Gasteiger partial charge in [0.05, 0.1) is 6.04 Å². The van der Waals surface area contributed by atoms with Gasteiger partial charge < -0.3 is 5.32 Å². The van der Waals surface area contributed by atoms with Crippen molar-refractivity contribution < 1.29 is 4.39 Å². The molecule has 18 heavy (non-hydrogen) atoms. The first kappa shape index (κ1) is 13.5. The molecule has 0 amide bonds. The molecule has 0 radical (unpaired) electrons. The van der Waals surface area contributed by atoms with Crippen molar-refractivity contribution in [3.8, 4) is 0 Å². The highest BCUT2D eigenvalue weighted by molar-refractivity contribution is 9.10. The van der Waals surface area contributed by atoms with E-state index in [4.69, 9.17) is 11.6 Å². The van der Waals surface area contributed by atoms with E-state index in [-0.39, 0.29) is 11.9 Å². The van der Waals surface area contributed by atoms with Gasteiger partial charge in [0.15, 0.2) is 0 Å². The number of rotatable bonds is 3. The monoisotopic (exact) mass is 327 g/mol. The molecule has 0 aliphatic heterocycles. The maximum Gasteiger partial charge on any atom is 0.128 e. The summed E-state index contributed by atoms with van der Waals surface area (Å²) in [5.41, 5.74) is 1.42. The lowest BCUT2D eigenvalue weighted by atomic mass is 9.98. The number of halogens is 3. The molecule has 2 rings (SSSR count). The number of hydrogen-bond acceptors (Lipinski definition) is 1. The minimum absolute atomic E-state index is 0.247. The van der Waals surface area contributed by atoms with Crippen LogP contribution in [0.4, 0.5) is 4.39 Å². The Hall–Kier alpha value is -0.900. The van der Waals surface area contributed by atoms with E-state index in [0.29, 0.717) is 10.6 Å². The Morgan fingerprint density at radius 3 is 2.50 bits per heavy atom. The van der Waals surface area contributed by atoms with Gasteiger partial charge in [0.2, 0.25) is 0 Å². The molecular formula is C14H12BrClFN. The molecule has 4 heteroatoms. The minimum atomic E-state index is -0.283. The second-order valence-electron chi connectivity index (χ2n) is 3.88. The van der Waals surface area contributed by atoms with E-state index in [1.807, 2.05) is 18.2 Å². The lowest BCUT2D eigenvalue weighted by Crippen LogP contribution is -2.19. The van der Waals surface area contributed by atoms with Gasteiger partial charge in [-0.1, -0.05) is 51.8 Å². The highest BCUT2D eigenvalue weighted by Gasteiger charge is 2.20. The highest BCUT2D eigenvalue weighted by Crippen LogP contribution is 2.34. The fourth-order valence-electron chi connectivity index (χ4n) is 1.95. The van der Waals surface area contributed by atoms with E-state index in [1.165, 1.54) is 6.07 Å². The summed E-state index contributed by atoms with van der Waals surface area (Å²) in [6, 6.07) is 12.0. The van der Waals surface area contributed by atoms with Gasteiger partial charge in [0.25, 0.3) is 0 Å². The summed E-state index contributed by atoms with van der Waals surface area (Å²) in [7, 11) is 1.78. The lowest BCUT2D eigenvalue weighted by molar-refractivity contribution is 0.575. The molecule has 0 aliphatic carbocycles. The fraction of sp³-hybridized carbons (Fsp3) is 0.143. The second kappa shape index (κ2) is 5.83. The Labute approximate surface area is 119 Å². The Morgan fingerprint density at radius 2 is 1.89 bits per heavy atom. The summed E-state index contributed by atoms with van der Waals surface area (Å²) in [6.07, 6.45) is 0. The van der Waals surface area contributed by atoms with Crippen LogP contribution in [-0.2, 0) is 0 Å². The van der Waals surface area contributed by atoms with Crippen molar-refractivity contribution in [2.45, 2.75) is 6.04 Å². The molecule has 0 heterocycles. The molecule has 0 bridgehead atoms. The van der Waals surface area contributed by atoms with Crippen molar-refractivity contribution in [2.24, 2.45) is 0 Å². The summed E-state index contributed by atoms with van der Waals surface area (Å²) in [6.45, 7) is 0. The average molecular weight is 329 g/mol. The first-order chi connectivity index (χ1) is 8.65. The molecule has 1 N–H and O–H groups in total. The van der Waals surface area contributed by atoms with Crippen LogP contribution in [0, 0.1) is 5.82 Å². The Morgan fingerprint density at radius 1 is 1.17 bits per heavy atom. The van der Waals surface area contributed by atoms with Gasteiger partial charge in [-0.05, 0) is 25.2 Å². The summed E-state index contributed by atoms with van der Waals surface area (Å²) < 4.78 is 14.7. The third-order valence-electron chi connectivity index (χ3n) is 2.79. The van der Waals surface area contributed by atoms with E-state index >= 15 is 0 Å². The summed E-state index contributed by atoms with van der Waals surface area (Å²) in [4.78, 5) is 0. The van der Waals surface area contributed by atoms with E-state index in [2.05, 4.69) is 21.2 Å². The first-order valence-electron chi connectivity index (χ1n) is 5.50. The standard InChI is InChI=1S/C14H12BrClFN/c1-18-14(9-5-2-3-8-12(9)17)13-10(15)6-4-7-11(13)16/h2-8,14,18H,1H3. The molecule has 1 atom stereocenters. The van der Waals surface area contributed by atoms with Gasteiger partial charge in [0.1, 0.15) is 5.82 Å². The van der Waals surface area contributed by atoms with E-state index in [0.717, 1.165) is 10.0 Å². The van der Waals surface area contributed by atoms with Gasteiger partial charge in [-0.2, -0.15) is 0 Å². The third-order valence-corrected chi connectivity index (χ3v) is 3.81.